The molecule has 0 heterocycles. The first-order valence-corrected chi connectivity index (χ1v) is 5.78. The molecule has 0 unspecified atom stereocenters. The lowest BCUT2D eigenvalue weighted by Crippen LogP contribution is -1.86. The minimum absolute atomic E-state index is 0.105. The van der Waals surface area contributed by atoms with Crippen LogP contribution in [0.4, 0.5) is 0 Å². The standard InChI is InChI=1S/C14H22O/c1-2-3-4-5-6-7-10-13-11-8-9-12-14(13)15/h8-9,11-12,15H,2-7,10H2,1H3/i8D,9D,11D,12D. The maximum atomic E-state index is 9.81. The summed E-state index contributed by atoms with van der Waals surface area (Å²) in [6, 6.07) is -1.06. The van der Waals surface area contributed by atoms with Gasteiger partial charge in [0.1, 0.15) is 5.75 Å². The molecule has 1 heteroatoms. The molecule has 0 saturated carbocycles. The van der Waals surface area contributed by atoms with Gasteiger partial charge < -0.3 is 5.11 Å². The van der Waals surface area contributed by atoms with Gasteiger partial charge >= 0.3 is 0 Å². The number of hydrogen-bond acceptors (Lipinski definition) is 1. The summed E-state index contributed by atoms with van der Waals surface area (Å²) in [6.07, 6.45) is 7.16. The van der Waals surface area contributed by atoms with Gasteiger partial charge in [-0.15, -0.1) is 0 Å². The van der Waals surface area contributed by atoms with Gasteiger partial charge in [0, 0.05) is 0 Å². The van der Waals surface area contributed by atoms with Gasteiger partial charge in [-0.1, -0.05) is 57.2 Å². The van der Waals surface area contributed by atoms with Crippen LogP contribution in [0.15, 0.2) is 24.2 Å². The predicted molar refractivity (Wildman–Crippen MR) is 65.2 cm³/mol. The Morgan fingerprint density at radius 3 is 2.53 bits per heavy atom. The van der Waals surface area contributed by atoms with Crippen LogP contribution in [0.25, 0.3) is 0 Å². The minimum Gasteiger partial charge on any atom is -0.508 e. The first kappa shape index (κ1) is 7.32. The van der Waals surface area contributed by atoms with E-state index in [1.165, 1.54) is 19.3 Å². The molecule has 0 fully saturated rings. The second-order valence-corrected chi connectivity index (χ2v) is 3.84. The molecule has 84 valence electrons. The summed E-state index contributed by atoms with van der Waals surface area (Å²) in [7, 11) is 0. The lowest BCUT2D eigenvalue weighted by molar-refractivity contribution is 0.466. The fraction of sp³-hybridized carbons (Fsp3) is 0.571. The summed E-state index contributed by atoms with van der Waals surface area (Å²) in [6.45, 7) is 2.17. The summed E-state index contributed by atoms with van der Waals surface area (Å²) < 4.78 is 30.4. The number of rotatable bonds is 7. The van der Waals surface area contributed by atoms with Gasteiger partial charge in [-0.25, -0.2) is 0 Å². The summed E-state index contributed by atoms with van der Waals surface area (Å²) in [5.41, 5.74) is 0.349. The van der Waals surface area contributed by atoms with Crippen molar-refractivity contribution in [1.82, 2.24) is 0 Å². The highest BCUT2D eigenvalue weighted by Gasteiger charge is 1.98. The van der Waals surface area contributed by atoms with E-state index in [1.807, 2.05) is 0 Å². The molecular formula is C14H22O. The molecule has 0 aliphatic rings. The van der Waals surface area contributed by atoms with Crippen molar-refractivity contribution in [3.05, 3.63) is 29.7 Å². The molecule has 0 radical (unpaired) electrons. The molecule has 0 aliphatic carbocycles. The maximum Gasteiger partial charge on any atom is 0.118 e. The first-order valence-electron chi connectivity index (χ1n) is 7.78. The third-order valence-electron chi connectivity index (χ3n) is 2.52. The predicted octanol–water partition coefficient (Wildman–Crippen LogP) is 4.30. The minimum atomic E-state index is -0.366. The summed E-state index contributed by atoms with van der Waals surface area (Å²) in [5.74, 6) is -0.292. The molecule has 0 aliphatic heterocycles. The smallest absolute Gasteiger partial charge is 0.118 e. The van der Waals surface area contributed by atoms with E-state index in [2.05, 4.69) is 6.92 Å². The average molecular weight is 210 g/mol. The summed E-state index contributed by atoms with van der Waals surface area (Å²) in [4.78, 5) is 0. The monoisotopic (exact) mass is 210 g/mol. The van der Waals surface area contributed by atoms with E-state index >= 15 is 0 Å². The number of aromatic hydroxyl groups is 1. The second kappa shape index (κ2) is 7.33. The fourth-order valence-corrected chi connectivity index (χ4v) is 1.59. The lowest BCUT2D eigenvalue weighted by atomic mass is 10.0. The van der Waals surface area contributed by atoms with E-state index in [9.17, 15) is 5.11 Å². The highest BCUT2D eigenvalue weighted by Crippen LogP contribution is 2.18. The Kier molecular flexibility index (Phi) is 3.58. The molecule has 0 amide bonds. The van der Waals surface area contributed by atoms with Gasteiger partial charge in [-0.2, -0.15) is 0 Å². The fourth-order valence-electron chi connectivity index (χ4n) is 1.59. The molecule has 0 spiro atoms. The molecule has 1 aromatic carbocycles. The van der Waals surface area contributed by atoms with E-state index in [4.69, 9.17) is 5.48 Å². The van der Waals surface area contributed by atoms with Gasteiger partial charge in [0.25, 0.3) is 0 Å². The van der Waals surface area contributed by atoms with Gasteiger partial charge in [0.2, 0.25) is 0 Å². The Bertz CT molecular complexity index is 403. The van der Waals surface area contributed by atoms with Crippen molar-refractivity contribution in [2.45, 2.75) is 51.9 Å². The molecular weight excluding hydrogens is 184 g/mol. The van der Waals surface area contributed by atoms with E-state index in [0.717, 1.165) is 19.3 Å². The van der Waals surface area contributed by atoms with E-state index < -0.39 is 0 Å². The number of unbranched alkanes of at least 4 members (excludes halogenated alkanes) is 5. The summed E-state index contributed by atoms with van der Waals surface area (Å²) >= 11 is 0. The zero-order valence-corrected chi connectivity index (χ0v) is 9.40. The average Bonchev–Trinajstić information content (AvgIpc) is 2.41. The van der Waals surface area contributed by atoms with Crippen LogP contribution in [0.3, 0.4) is 0 Å². The van der Waals surface area contributed by atoms with Crippen LogP contribution in [0.1, 0.15) is 56.5 Å². The summed E-state index contributed by atoms with van der Waals surface area (Å²) in [5, 5.41) is 9.81. The molecule has 0 atom stereocenters. The van der Waals surface area contributed by atoms with Crippen LogP contribution in [-0.2, 0) is 6.42 Å². The number of para-hydroxylation sites is 1. The molecule has 15 heavy (non-hydrogen) atoms. The quantitative estimate of drug-likeness (QED) is 0.665. The van der Waals surface area contributed by atoms with Crippen molar-refractivity contribution in [1.29, 1.82) is 0 Å². The Morgan fingerprint density at radius 1 is 1.07 bits per heavy atom. The topological polar surface area (TPSA) is 20.2 Å². The van der Waals surface area contributed by atoms with Crippen molar-refractivity contribution in [2.75, 3.05) is 0 Å². The van der Waals surface area contributed by atoms with E-state index in [-0.39, 0.29) is 29.9 Å². The second-order valence-electron chi connectivity index (χ2n) is 3.84. The Hall–Kier alpha value is -0.980. The Labute approximate surface area is 98.8 Å². The van der Waals surface area contributed by atoms with Crippen molar-refractivity contribution in [3.8, 4) is 5.75 Å². The highest BCUT2D eigenvalue weighted by molar-refractivity contribution is 5.31. The van der Waals surface area contributed by atoms with Gasteiger partial charge in [0.05, 0.1) is 5.48 Å². The maximum absolute atomic E-state index is 9.81. The lowest BCUT2D eigenvalue weighted by Gasteiger charge is -2.03. The molecule has 1 N–H and O–H groups in total. The molecule has 0 saturated heterocycles. The van der Waals surface area contributed by atoms with E-state index in [1.54, 1.807) is 0 Å². The third kappa shape index (κ3) is 4.87. The van der Waals surface area contributed by atoms with Gasteiger partial charge in [0.15, 0.2) is 0 Å². The largest absolute Gasteiger partial charge is 0.508 e. The van der Waals surface area contributed by atoms with Crippen molar-refractivity contribution in [2.24, 2.45) is 0 Å². The van der Waals surface area contributed by atoms with Crippen LogP contribution >= 0.6 is 0 Å². The van der Waals surface area contributed by atoms with Crippen molar-refractivity contribution < 1.29 is 10.6 Å². The van der Waals surface area contributed by atoms with Gasteiger partial charge in [-0.05, 0) is 24.4 Å². The molecule has 0 aromatic heterocycles. The van der Waals surface area contributed by atoms with E-state index in [0.29, 0.717) is 12.0 Å². The van der Waals surface area contributed by atoms with Crippen LogP contribution in [0.5, 0.6) is 5.75 Å². The van der Waals surface area contributed by atoms with Crippen LogP contribution in [-0.4, -0.2) is 5.11 Å². The zero-order chi connectivity index (χ0) is 14.4. The normalized spacial score (nSPS) is 14.2. The third-order valence-corrected chi connectivity index (χ3v) is 2.52. The van der Waals surface area contributed by atoms with Crippen molar-refractivity contribution >= 4 is 0 Å². The molecule has 1 aromatic rings. The number of phenols is 1. The van der Waals surface area contributed by atoms with Crippen molar-refractivity contribution in [3.63, 3.8) is 0 Å². The molecule has 1 nitrogen and oxygen atoms in total. The van der Waals surface area contributed by atoms with Crippen LogP contribution < -0.4 is 0 Å². The Morgan fingerprint density at radius 2 is 1.73 bits per heavy atom. The molecule has 1 rings (SSSR count). The zero-order valence-electron chi connectivity index (χ0n) is 13.4. The van der Waals surface area contributed by atoms with Crippen LogP contribution in [0.2, 0.25) is 0 Å². The first-order chi connectivity index (χ1) is 9.00. The van der Waals surface area contributed by atoms with Crippen LogP contribution in [0, 0.1) is 0 Å². The highest BCUT2D eigenvalue weighted by atomic mass is 16.3. The Balaban J connectivity index is 2.64. The number of benzene rings is 1. The molecule has 0 bridgehead atoms. The van der Waals surface area contributed by atoms with Gasteiger partial charge in [-0.3, -0.25) is 0 Å². The number of phenolic OH excluding ortho intramolecular Hbond substituents is 1. The SMILES string of the molecule is [2H]c1c([2H])c([2H])c(CCCCCCCC)c(O)c1[2H]. The number of hydrogen-bond donors (Lipinski definition) is 1.